The molecule has 1 aliphatic heterocycles. The van der Waals surface area contributed by atoms with E-state index >= 15 is 0 Å². The molecule has 126 valence electrons. The van der Waals surface area contributed by atoms with Crippen molar-refractivity contribution in [2.45, 2.75) is 12.1 Å². The zero-order valence-corrected chi connectivity index (χ0v) is 14.7. The average molecular weight is 349 g/mol. The highest BCUT2D eigenvalue weighted by atomic mass is 32.2. The van der Waals surface area contributed by atoms with Crippen LogP contribution in [0.15, 0.2) is 84.9 Å². The van der Waals surface area contributed by atoms with Crippen LogP contribution in [-0.2, 0) is 0 Å². The Kier molecular flexibility index (Phi) is 4.75. The Morgan fingerprint density at radius 2 is 1.16 bits per heavy atom. The summed E-state index contributed by atoms with van der Waals surface area (Å²) in [5.41, 5.74) is 3.16. The molecule has 3 aromatic carbocycles. The number of rotatable bonds is 3. The van der Waals surface area contributed by atoms with Gasteiger partial charge in [0.1, 0.15) is 5.82 Å². The van der Waals surface area contributed by atoms with Crippen molar-refractivity contribution in [3.8, 4) is 0 Å². The van der Waals surface area contributed by atoms with Crippen molar-refractivity contribution in [2.24, 2.45) is 0 Å². The third kappa shape index (κ3) is 3.29. The Bertz CT molecular complexity index is 774. The molecule has 0 N–H and O–H groups in total. The third-order valence-electron chi connectivity index (χ3n) is 4.72. The van der Waals surface area contributed by atoms with Crippen LogP contribution in [0.1, 0.15) is 23.2 Å². The molecule has 3 aromatic rings. The number of hydrogen-bond donors (Lipinski definition) is 0. The van der Waals surface area contributed by atoms with Gasteiger partial charge in [-0.05, 0) is 23.3 Å². The molecule has 0 aliphatic carbocycles. The topological polar surface area (TPSA) is 3.24 Å². The summed E-state index contributed by atoms with van der Waals surface area (Å²) in [5, 5.41) is 0. The number of nitrogens with zero attached hydrogens (tertiary/aromatic N) is 1. The fraction of sp³-hybridized carbons (Fsp3) is 0.182. The van der Waals surface area contributed by atoms with Crippen molar-refractivity contribution in [3.05, 3.63) is 102 Å². The van der Waals surface area contributed by atoms with Crippen molar-refractivity contribution in [1.29, 1.82) is 0 Å². The maximum Gasteiger partial charge on any atom is 0.146 e. The molecule has 0 radical (unpaired) electrons. The smallest absolute Gasteiger partial charge is 0.146 e. The first-order valence-electron chi connectivity index (χ1n) is 8.55. The molecule has 2 unspecified atom stereocenters. The second kappa shape index (κ2) is 7.32. The molecule has 0 spiro atoms. The minimum atomic E-state index is -0.156. The lowest BCUT2D eigenvalue weighted by molar-refractivity contribution is 0.551. The van der Waals surface area contributed by atoms with E-state index in [0.29, 0.717) is 5.69 Å². The van der Waals surface area contributed by atoms with Gasteiger partial charge < -0.3 is 4.90 Å². The third-order valence-corrected chi connectivity index (χ3v) is 5.83. The molecule has 1 nitrogen and oxygen atoms in total. The zero-order valence-electron chi connectivity index (χ0n) is 13.9. The van der Waals surface area contributed by atoms with Crippen LogP contribution >= 0.6 is 11.8 Å². The van der Waals surface area contributed by atoms with E-state index in [-0.39, 0.29) is 17.9 Å². The van der Waals surface area contributed by atoms with Gasteiger partial charge >= 0.3 is 0 Å². The van der Waals surface area contributed by atoms with Crippen molar-refractivity contribution in [1.82, 2.24) is 0 Å². The van der Waals surface area contributed by atoms with Crippen LogP contribution in [0.25, 0.3) is 0 Å². The molecule has 0 amide bonds. The van der Waals surface area contributed by atoms with Gasteiger partial charge in [0.25, 0.3) is 0 Å². The Balaban J connectivity index is 1.83. The van der Waals surface area contributed by atoms with Crippen LogP contribution < -0.4 is 4.90 Å². The number of halogens is 1. The highest BCUT2D eigenvalue weighted by Crippen LogP contribution is 2.43. The van der Waals surface area contributed by atoms with Gasteiger partial charge in [-0.2, -0.15) is 11.8 Å². The first kappa shape index (κ1) is 16.2. The monoisotopic (exact) mass is 349 g/mol. The average Bonchev–Trinajstić information content (AvgIpc) is 2.69. The number of para-hydroxylation sites is 1. The van der Waals surface area contributed by atoms with Crippen LogP contribution in [0.2, 0.25) is 0 Å². The highest BCUT2D eigenvalue weighted by molar-refractivity contribution is 7.99. The van der Waals surface area contributed by atoms with E-state index in [9.17, 15) is 4.39 Å². The maximum absolute atomic E-state index is 14.7. The van der Waals surface area contributed by atoms with Gasteiger partial charge in [0, 0.05) is 11.5 Å². The molecule has 4 rings (SSSR count). The molecule has 0 saturated carbocycles. The summed E-state index contributed by atoms with van der Waals surface area (Å²) in [7, 11) is 0. The van der Waals surface area contributed by atoms with E-state index in [1.165, 1.54) is 11.1 Å². The lowest BCUT2D eigenvalue weighted by Gasteiger charge is -2.44. The van der Waals surface area contributed by atoms with Crippen molar-refractivity contribution in [2.75, 3.05) is 16.4 Å². The van der Waals surface area contributed by atoms with Gasteiger partial charge in [-0.25, -0.2) is 4.39 Å². The molecule has 1 aliphatic rings. The van der Waals surface area contributed by atoms with Gasteiger partial charge in [-0.3, -0.25) is 0 Å². The molecule has 25 heavy (non-hydrogen) atoms. The van der Waals surface area contributed by atoms with Crippen molar-refractivity contribution >= 4 is 17.4 Å². The van der Waals surface area contributed by atoms with Crippen LogP contribution in [0.4, 0.5) is 10.1 Å². The summed E-state index contributed by atoms with van der Waals surface area (Å²) in [4.78, 5) is 2.27. The van der Waals surface area contributed by atoms with E-state index in [2.05, 4.69) is 53.4 Å². The molecule has 0 bridgehead atoms. The minimum Gasteiger partial charge on any atom is -0.353 e. The summed E-state index contributed by atoms with van der Waals surface area (Å²) in [6.45, 7) is 0. The van der Waals surface area contributed by atoms with Crippen LogP contribution in [0.3, 0.4) is 0 Å². The summed E-state index contributed by atoms with van der Waals surface area (Å²) in [5.74, 6) is 1.76. The van der Waals surface area contributed by atoms with Gasteiger partial charge in [0.15, 0.2) is 0 Å². The quantitative estimate of drug-likeness (QED) is 0.582. The van der Waals surface area contributed by atoms with Gasteiger partial charge in [-0.1, -0.05) is 72.8 Å². The Morgan fingerprint density at radius 1 is 0.680 bits per heavy atom. The van der Waals surface area contributed by atoms with Gasteiger partial charge in [0.2, 0.25) is 0 Å². The number of thioether (sulfide) groups is 1. The molecule has 2 atom stereocenters. The first-order chi connectivity index (χ1) is 12.3. The van der Waals surface area contributed by atoms with Crippen molar-refractivity contribution in [3.63, 3.8) is 0 Å². The molecule has 1 saturated heterocycles. The lowest BCUT2D eigenvalue weighted by Crippen LogP contribution is -2.39. The second-order valence-corrected chi connectivity index (χ2v) is 7.32. The fourth-order valence-corrected chi connectivity index (χ4v) is 4.82. The summed E-state index contributed by atoms with van der Waals surface area (Å²) in [6, 6.07) is 28.3. The van der Waals surface area contributed by atoms with Crippen LogP contribution in [0.5, 0.6) is 0 Å². The first-order valence-corrected chi connectivity index (χ1v) is 9.70. The van der Waals surface area contributed by atoms with Crippen LogP contribution in [0, 0.1) is 5.82 Å². The lowest BCUT2D eigenvalue weighted by atomic mass is 9.99. The Hall–Kier alpha value is -2.26. The normalized spacial score (nSPS) is 20.4. The highest BCUT2D eigenvalue weighted by Gasteiger charge is 2.34. The molecular weight excluding hydrogens is 329 g/mol. The molecule has 3 heteroatoms. The Labute approximate surface area is 152 Å². The van der Waals surface area contributed by atoms with Crippen molar-refractivity contribution < 1.29 is 4.39 Å². The second-order valence-electron chi connectivity index (χ2n) is 6.25. The number of anilines is 1. The fourth-order valence-electron chi connectivity index (χ4n) is 3.53. The zero-order chi connectivity index (χ0) is 17.1. The van der Waals surface area contributed by atoms with Gasteiger partial charge in [-0.15, -0.1) is 0 Å². The predicted molar refractivity (Wildman–Crippen MR) is 105 cm³/mol. The van der Waals surface area contributed by atoms with Crippen LogP contribution in [-0.4, -0.2) is 11.5 Å². The molecule has 1 heterocycles. The minimum absolute atomic E-state index is 0.155. The van der Waals surface area contributed by atoms with Gasteiger partial charge in [0.05, 0.1) is 17.8 Å². The summed E-state index contributed by atoms with van der Waals surface area (Å²) in [6.07, 6.45) is 0. The standard InChI is InChI=1S/C22H20FNS/c23-19-13-7-8-14-20(19)24-21(17-9-3-1-4-10-17)15-25-16-22(24)18-11-5-2-6-12-18/h1-14,21-22H,15-16H2. The summed E-state index contributed by atoms with van der Waals surface area (Å²) >= 11 is 1.94. The van der Waals surface area contributed by atoms with E-state index < -0.39 is 0 Å². The maximum atomic E-state index is 14.7. The van der Waals surface area contributed by atoms with E-state index in [1.54, 1.807) is 12.1 Å². The molecule has 0 aromatic heterocycles. The predicted octanol–water partition coefficient (Wildman–Crippen LogP) is 5.86. The van der Waals surface area contributed by atoms with E-state index in [1.807, 2.05) is 36.0 Å². The van der Waals surface area contributed by atoms with E-state index in [0.717, 1.165) is 11.5 Å². The largest absolute Gasteiger partial charge is 0.353 e. The Morgan fingerprint density at radius 3 is 1.68 bits per heavy atom. The number of benzene rings is 3. The molecular formula is C22H20FNS. The SMILES string of the molecule is Fc1ccccc1N1C(c2ccccc2)CSCC1c1ccccc1. The van der Waals surface area contributed by atoms with E-state index in [4.69, 9.17) is 0 Å². The summed E-state index contributed by atoms with van der Waals surface area (Å²) < 4.78 is 14.7. The number of hydrogen-bond acceptors (Lipinski definition) is 2. The molecule has 1 fully saturated rings.